The Balaban J connectivity index is 0. The molecular weight excluding hydrogens is 194 g/mol. The van der Waals surface area contributed by atoms with Gasteiger partial charge in [-0.05, 0) is 12.1 Å². The summed E-state index contributed by atoms with van der Waals surface area (Å²) in [6.07, 6.45) is 4.93. The molecular formula is C10H27NO2Si. The van der Waals surface area contributed by atoms with Gasteiger partial charge in [-0.2, -0.15) is 0 Å². The molecule has 0 radical (unpaired) electrons. The van der Waals surface area contributed by atoms with Gasteiger partial charge >= 0.3 is 8.56 Å². The van der Waals surface area contributed by atoms with E-state index in [0.29, 0.717) is 0 Å². The van der Waals surface area contributed by atoms with Crippen molar-refractivity contribution in [2.24, 2.45) is 0 Å². The first kappa shape index (κ1) is 16.5. The highest BCUT2D eigenvalue weighted by Gasteiger charge is 2.33. The first-order valence-electron chi connectivity index (χ1n) is 5.35. The largest absolute Gasteiger partial charge is 0.398 e. The first-order valence-corrected chi connectivity index (χ1v) is 7.58. The van der Waals surface area contributed by atoms with Crippen LogP contribution in [0.4, 0.5) is 0 Å². The lowest BCUT2D eigenvalue weighted by atomic mass is 10.4. The van der Waals surface area contributed by atoms with Crippen molar-refractivity contribution in [3.05, 3.63) is 0 Å². The third-order valence-corrected chi connectivity index (χ3v) is 6.29. The van der Waals surface area contributed by atoms with Gasteiger partial charge in [-0.25, -0.2) is 0 Å². The summed E-state index contributed by atoms with van der Waals surface area (Å²) in [6.45, 7) is 4.43. The van der Waals surface area contributed by atoms with Crippen molar-refractivity contribution >= 4 is 8.56 Å². The van der Waals surface area contributed by atoms with Crippen molar-refractivity contribution in [3.8, 4) is 0 Å². The molecule has 0 saturated carbocycles. The van der Waals surface area contributed by atoms with Crippen LogP contribution in [0.2, 0.25) is 12.1 Å². The Bertz CT molecular complexity index is 109. The van der Waals surface area contributed by atoms with E-state index in [1.807, 2.05) is 0 Å². The smallest absolute Gasteiger partial charge is 0.337 e. The molecule has 3 nitrogen and oxygen atoms in total. The second-order valence-corrected chi connectivity index (χ2v) is 7.16. The molecule has 4 heteroatoms. The van der Waals surface area contributed by atoms with Crippen LogP contribution in [0.5, 0.6) is 0 Å². The van der Waals surface area contributed by atoms with Crippen LogP contribution in [-0.2, 0) is 8.85 Å². The predicted octanol–water partition coefficient (Wildman–Crippen LogP) is 3.48. The molecule has 0 aliphatic rings. The SMILES string of the molecule is CCCC[Si](CCCC)(OC)OC.N. The molecule has 0 bridgehead atoms. The summed E-state index contributed by atoms with van der Waals surface area (Å²) >= 11 is 0. The molecule has 0 atom stereocenters. The minimum atomic E-state index is -1.79. The van der Waals surface area contributed by atoms with E-state index in [1.54, 1.807) is 14.2 Å². The van der Waals surface area contributed by atoms with Crippen molar-refractivity contribution in [1.82, 2.24) is 6.15 Å². The number of unbranched alkanes of at least 4 members (excludes halogenated alkanes) is 2. The van der Waals surface area contributed by atoms with Crippen LogP contribution in [0.3, 0.4) is 0 Å². The number of rotatable bonds is 8. The highest BCUT2D eigenvalue weighted by molar-refractivity contribution is 6.67. The van der Waals surface area contributed by atoms with Crippen LogP contribution in [0.15, 0.2) is 0 Å². The molecule has 0 spiro atoms. The van der Waals surface area contributed by atoms with Gasteiger partial charge in [0.05, 0.1) is 0 Å². The summed E-state index contributed by atoms with van der Waals surface area (Å²) in [4.78, 5) is 0. The van der Waals surface area contributed by atoms with Crippen LogP contribution in [0, 0.1) is 0 Å². The fourth-order valence-corrected chi connectivity index (χ4v) is 4.53. The average Bonchev–Trinajstić information content (AvgIpc) is 2.20. The highest BCUT2D eigenvalue weighted by atomic mass is 28.4. The summed E-state index contributed by atoms with van der Waals surface area (Å²) in [5, 5.41) is 0. The van der Waals surface area contributed by atoms with E-state index < -0.39 is 8.56 Å². The Hall–Kier alpha value is 0.0969. The zero-order valence-electron chi connectivity index (χ0n) is 10.3. The fourth-order valence-electron chi connectivity index (χ4n) is 1.51. The molecule has 0 saturated heterocycles. The van der Waals surface area contributed by atoms with Gasteiger partial charge in [-0.3, -0.25) is 0 Å². The molecule has 3 N–H and O–H groups in total. The predicted molar refractivity (Wildman–Crippen MR) is 64.2 cm³/mol. The van der Waals surface area contributed by atoms with Crippen molar-refractivity contribution in [1.29, 1.82) is 0 Å². The molecule has 0 heterocycles. The first-order chi connectivity index (χ1) is 6.24. The van der Waals surface area contributed by atoms with Gasteiger partial charge in [0.1, 0.15) is 0 Å². The maximum atomic E-state index is 5.61. The Morgan fingerprint density at radius 3 is 1.43 bits per heavy atom. The molecule has 0 aromatic heterocycles. The van der Waals surface area contributed by atoms with E-state index in [4.69, 9.17) is 8.85 Å². The van der Waals surface area contributed by atoms with Gasteiger partial charge in [0.25, 0.3) is 0 Å². The number of hydrogen-bond donors (Lipinski definition) is 1. The molecule has 0 fully saturated rings. The van der Waals surface area contributed by atoms with Crippen molar-refractivity contribution in [3.63, 3.8) is 0 Å². The van der Waals surface area contributed by atoms with Gasteiger partial charge in [0.2, 0.25) is 0 Å². The maximum absolute atomic E-state index is 5.61. The lowest BCUT2D eigenvalue weighted by Gasteiger charge is -2.27. The Morgan fingerprint density at radius 1 is 0.857 bits per heavy atom. The lowest BCUT2D eigenvalue weighted by Crippen LogP contribution is -2.39. The van der Waals surface area contributed by atoms with E-state index in [0.717, 1.165) is 12.1 Å². The second-order valence-electron chi connectivity index (χ2n) is 3.53. The summed E-state index contributed by atoms with van der Waals surface area (Å²) in [5.74, 6) is 0. The van der Waals surface area contributed by atoms with Gasteiger partial charge in [-0.15, -0.1) is 0 Å². The van der Waals surface area contributed by atoms with Gasteiger partial charge in [0.15, 0.2) is 0 Å². The van der Waals surface area contributed by atoms with Crippen LogP contribution >= 0.6 is 0 Å². The van der Waals surface area contributed by atoms with Crippen molar-refractivity contribution in [2.75, 3.05) is 14.2 Å². The fraction of sp³-hybridized carbons (Fsp3) is 1.00. The molecule has 0 unspecified atom stereocenters. The monoisotopic (exact) mass is 221 g/mol. The van der Waals surface area contributed by atoms with Crippen LogP contribution in [0.25, 0.3) is 0 Å². The lowest BCUT2D eigenvalue weighted by molar-refractivity contribution is 0.239. The highest BCUT2D eigenvalue weighted by Crippen LogP contribution is 2.22. The normalized spacial score (nSPS) is 11.1. The van der Waals surface area contributed by atoms with Crippen LogP contribution in [0.1, 0.15) is 39.5 Å². The van der Waals surface area contributed by atoms with E-state index in [-0.39, 0.29) is 6.15 Å². The van der Waals surface area contributed by atoms with E-state index in [9.17, 15) is 0 Å². The van der Waals surface area contributed by atoms with Gasteiger partial charge in [-0.1, -0.05) is 39.5 Å². The standard InChI is InChI=1S/C10H24O2Si.H3N/c1-5-7-9-13(11-3,12-4)10-8-6-2;/h5-10H2,1-4H3;1H3. The molecule has 0 rings (SSSR count). The third-order valence-electron chi connectivity index (χ3n) is 2.57. The minimum absolute atomic E-state index is 0. The van der Waals surface area contributed by atoms with E-state index in [2.05, 4.69) is 13.8 Å². The summed E-state index contributed by atoms with van der Waals surface area (Å²) in [6, 6.07) is 2.30. The van der Waals surface area contributed by atoms with Crippen molar-refractivity contribution < 1.29 is 8.85 Å². The number of hydrogen-bond acceptors (Lipinski definition) is 3. The van der Waals surface area contributed by atoms with Gasteiger partial charge in [0, 0.05) is 14.2 Å². The zero-order valence-corrected chi connectivity index (χ0v) is 11.3. The molecule has 0 aliphatic heterocycles. The topological polar surface area (TPSA) is 53.5 Å². The molecule has 88 valence electrons. The average molecular weight is 221 g/mol. The molecule has 0 aromatic rings. The summed E-state index contributed by atoms with van der Waals surface area (Å²) < 4.78 is 11.2. The molecule has 14 heavy (non-hydrogen) atoms. The summed E-state index contributed by atoms with van der Waals surface area (Å²) in [7, 11) is 1.83. The maximum Gasteiger partial charge on any atom is 0.337 e. The van der Waals surface area contributed by atoms with E-state index in [1.165, 1.54) is 25.7 Å². The Morgan fingerprint density at radius 2 is 1.21 bits per heavy atom. The van der Waals surface area contributed by atoms with E-state index >= 15 is 0 Å². The molecule has 0 aliphatic carbocycles. The Kier molecular flexibility index (Phi) is 11.4. The quantitative estimate of drug-likeness (QED) is 0.638. The zero-order chi connectivity index (χ0) is 10.2. The van der Waals surface area contributed by atoms with Crippen molar-refractivity contribution in [2.45, 2.75) is 51.6 Å². The van der Waals surface area contributed by atoms with Gasteiger partial charge < -0.3 is 15.0 Å². The summed E-state index contributed by atoms with van der Waals surface area (Å²) in [5.41, 5.74) is 0. The van der Waals surface area contributed by atoms with Crippen LogP contribution < -0.4 is 6.15 Å². The Labute approximate surface area is 90.0 Å². The second kappa shape index (κ2) is 9.64. The van der Waals surface area contributed by atoms with Crippen LogP contribution in [-0.4, -0.2) is 22.8 Å². The third kappa shape index (κ3) is 5.75. The molecule has 0 aromatic carbocycles. The minimum Gasteiger partial charge on any atom is -0.398 e. The molecule has 0 amide bonds.